The Balaban J connectivity index is 1.82. The number of hydrogen-bond acceptors (Lipinski definition) is 6. The summed E-state index contributed by atoms with van der Waals surface area (Å²) in [5.41, 5.74) is 0.877. The molecule has 4 rings (SSSR count). The molecule has 1 amide bonds. The van der Waals surface area contributed by atoms with Crippen LogP contribution in [0.4, 0.5) is 14.9 Å². The quantitative estimate of drug-likeness (QED) is 0.565. The summed E-state index contributed by atoms with van der Waals surface area (Å²) in [5, 5.41) is 9.44. The average molecular weight is 476 g/mol. The van der Waals surface area contributed by atoms with E-state index in [2.05, 4.69) is 9.88 Å². The van der Waals surface area contributed by atoms with Crippen molar-refractivity contribution >= 4 is 33.0 Å². The molecule has 0 atom stereocenters. The molecule has 32 heavy (non-hydrogen) atoms. The van der Waals surface area contributed by atoms with Crippen LogP contribution >= 0.6 is 11.3 Å². The third-order valence-corrected chi connectivity index (χ3v) is 8.61. The zero-order valence-corrected chi connectivity index (χ0v) is 19.0. The second-order valence-corrected chi connectivity index (χ2v) is 10.8. The number of anilines is 1. The first-order valence-electron chi connectivity index (χ1n) is 10.1. The summed E-state index contributed by atoms with van der Waals surface area (Å²) < 4.78 is 41.7. The maximum absolute atomic E-state index is 14.6. The maximum Gasteiger partial charge on any atom is 0.407 e. The molecule has 1 N–H and O–H groups in total. The van der Waals surface area contributed by atoms with Gasteiger partial charge in [-0.05, 0) is 43.2 Å². The van der Waals surface area contributed by atoms with E-state index < -0.39 is 21.7 Å². The van der Waals surface area contributed by atoms with E-state index in [9.17, 15) is 22.7 Å². The lowest BCUT2D eigenvalue weighted by Gasteiger charge is -2.18. The molecule has 168 valence electrons. The zero-order valence-electron chi connectivity index (χ0n) is 17.4. The molecule has 7 nitrogen and oxygen atoms in total. The first-order valence-corrected chi connectivity index (χ1v) is 12.4. The van der Waals surface area contributed by atoms with Crippen LogP contribution in [0.3, 0.4) is 0 Å². The van der Waals surface area contributed by atoms with Crippen LogP contribution in [0, 0.1) is 5.82 Å². The molecule has 1 aliphatic heterocycles. The second-order valence-electron chi connectivity index (χ2n) is 7.56. The number of benzene rings is 2. The number of carbonyl (C=O) groups is 1. The molecular formula is C22H22FN3O4S2. The number of amides is 1. The van der Waals surface area contributed by atoms with Crippen molar-refractivity contribution in [3.05, 3.63) is 59.4 Å². The minimum absolute atomic E-state index is 0.00605. The number of sulfone groups is 1. The number of hydrogen-bond donors (Lipinski definition) is 1. The second kappa shape index (κ2) is 8.87. The van der Waals surface area contributed by atoms with Crippen molar-refractivity contribution in [3.63, 3.8) is 0 Å². The van der Waals surface area contributed by atoms with Crippen molar-refractivity contribution in [3.8, 4) is 11.3 Å². The fourth-order valence-electron chi connectivity index (χ4n) is 3.62. The van der Waals surface area contributed by atoms with Crippen LogP contribution in [0.15, 0.2) is 57.6 Å². The number of rotatable bonds is 6. The van der Waals surface area contributed by atoms with Gasteiger partial charge in [0.25, 0.3) is 0 Å². The van der Waals surface area contributed by atoms with Gasteiger partial charge in [-0.3, -0.25) is 0 Å². The molecule has 0 saturated carbocycles. The molecule has 0 unspecified atom stereocenters. The Kier molecular flexibility index (Phi) is 6.16. The van der Waals surface area contributed by atoms with Crippen LogP contribution in [0.2, 0.25) is 0 Å². The van der Waals surface area contributed by atoms with Gasteiger partial charge in [0.1, 0.15) is 16.5 Å². The summed E-state index contributed by atoms with van der Waals surface area (Å²) in [4.78, 5) is 18.8. The van der Waals surface area contributed by atoms with Crippen molar-refractivity contribution < 1.29 is 22.7 Å². The molecule has 1 aromatic heterocycles. The number of halogens is 1. The van der Waals surface area contributed by atoms with Gasteiger partial charge in [0.2, 0.25) is 9.84 Å². The first-order chi connectivity index (χ1) is 15.3. The third kappa shape index (κ3) is 4.33. The normalized spacial score (nSPS) is 14.0. The lowest BCUT2D eigenvalue weighted by atomic mass is 10.1. The fraction of sp³-hybridized carbons (Fsp3) is 0.273. The maximum atomic E-state index is 14.6. The predicted octanol–water partition coefficient (Wildman–Crippen LogP) is 4.49. The van der Waals surface area contributed by atoms with Crippen LogP contribution in [0.1, 0.15) is 17.8 Å². The Morgan fingerprint density at radius 3 is 2.59 bits per heavy atom. The zero-order chi connectivity index (χ0) is 22.9. The Bertz CT molecular complexity index is 1250. The van der Waals surface area contributed by atoms with Gasteiger partial charge in [0.05, 0.1) is 11.4 Å². The summed E-state index contributed by atoms with van der Waals surface area (Å²) in [7, 11) is -2.66. The van der Waals surface area contributed by atoms with Crippen LogP contribution < -0.4 is 4.90 Å². The number of carboxylic acid groups (broad SMARTS) is 1. The summed E-state index contributed by atoms with van der Waals surface area (Å²) in [6.45, 7) is 1.64. The fourth-order valence-corrected chi connectivity index (χ4v) is 6.66. The molecular weight excluding hydrogens is 453 g/mol. The Morgan fingerprint density at radius 1 is 1.19 bits per heavy atom. The molecule has 1 saturated heterocycles. The first kappa shape index (κ1) is 22.2. The highest BCUT2D eigenvalue weighted by Crippen LogP contribution is 2.38. The third-order valence-electron chi connectivity index (χ3n) is 5.31. The van der Waals surface area contributed by atoms with Gasteiger partial charge in [0.15, 0.2) is 4.21 Å². The molecule has 0 bridgehead atoms. The van der Waals surface area contributed by atoms with Crippen molar-refractivity contribution in [2.45, 2.75) is 28.5 Å². The largest absolute Gasteiger partial charge is 0.465 e. The molecule has 1 fully saturated rings. The minimum atomic E-state index is -4.03. The topological polar surface area (TPSA) is 90.8 Å². The van der Waals surface area contributed by atoms with E-state index in [4.69, 9.17) is 0 Å². The van der Waals surface area contributed by atoms with E-state index in [1.807, 2.05) is 6.07 Å². The molecule has 2 heterocycles. The highest BCUT2D eigenvalue weighted by Gasteiger charge is 2.29. The van der Waals surface area contributed by atoms with E-state index >= 15 is 0 Å². The molecule has 2 aromatic carbocycles. The monoisotopic (exact) mass is 475 g/mol. The van der Waals surface area contributed by atoms with Gasteiger partial charge in [-0.1, -0.05) is 18.2 Å². The number of nitrogens with zero attached hydrogens (tertiary/aromatic N) is 3. The number of thiazole rings is 1. The van der Waals surface area contributed by atoms with Gasteiger partial charge in [-0.2, -0.15) is 0 Å². The predicted molar refractivity (Wildman–Crippen MR) is 120 cm³/mol. The molecule has 1 aliphatic rings. The molecule has 0 radical (unpaired) electrons. The van der Waals surface area contributed by atoms with Crippen molar-refractivity contribution in [2.75, 3.05) is 25.0 Å². The van der Waals surface area contributed by atoms with Crippen molar-refractivity contribution in [2.24, 2.45) is 0 Å². The Hall–Kier alpha value is -2.98. The highest BCUT2D eigenvalue weighted by atomic mass is 32.2. The van der Waals surface area contributed by atoms with Crippen molar-refractivity contribution in [1.29, 1.82) is 0 Å². The SMILES string of the molecule is CN(Cc1nc(-c2ccccc2F)c(S(=O)(=O)c2cccc(N3CCCC3)c2)s1)C(=O)O. The van der Waals surface area contributed by atoms with E-state index in [-0.39, 0.29) is 31.9 Å². The number of aromatic nitrogens is 1. The molecule has 10 heteroatoms. The summed E-state index contributed by atoms with van der Waals surface area (Å²) in [6.07, 6.45) is 0.948. The van der Waals surface area contributed by atoms with E-state index in [1.54, 1.807) is 18.2 Å². The molecule has 0 aliphatic carbocycles. The van der Waals surface area contributed by atoms with Gasteiger partial charge in [0, 0.05) is 31.4 Å². The van der Waals surface area contributed by atoms with Gasteiger partial charge in [-0.25, -0.2) is 22.6 Å². The lowest BCUT2D eigenvalue weighted by Crippen LogP contribution is -2.23. The minimum Gasteiger partial charge on any atom is -0.465 e. The summed E-state index contributed by atoms with van der Waals surface area (Å²) >= 11 is 0.864. The summed E-state index contributed by atoms with van der Waals surface area (Å²) in [5.74, 6) is -0.599. The molecule has 3 aromatic rings. The van der Waals surface area contributed by atoms with Gasteiger partial charge >= 0.3 is 6.09 Å². The van der Waals surface area contributed by atoms with Crippen molar-refractivity contribution in [1.82, 2.24) is 9.88 Å². The standard InChI is InChI=1S/C22H22FN3O4S2/c1-25(22(27)28)14-19-24-20(17-9-2-3-10-18(17)23)21(31-19)32(29,30)16-8-6-7-15(13-16)26-11-4-5-12-26/h2-3,6-10,13H,4-5,11-12,14H2,1H3,(H,27,28). The van der Waals surface area contributed by atoms with Crippen LogP contribution in [0.25, 0.3) is 11.3 Å². The van der Waals surface area contributed by atoms with Crippen LogP contribution in [-0.2, 0) is 16.4 Å². The van der Waals surface area contributed by atoms with Crippen LogP contribution in [-0.4, -0.2) is 49.6 Å². The smallest absolute Gasteiger partial charge is 0.407 e. The van der Waals surface area contributed by atoms with Gasteiger partial charge < -0.3 is 14.9 Å². The van der Waals surface area contributed by atoms with E-state index in [0.29, 0.717) is 0 Å². The molecule has 0 spiro atoms. The van der Waals surface area contributed by atoms with Crippen LogP contribution in [0.5, 0.6) is 0 Å². The average Bonchev–Trinajstić information content (AvgIpc) is 3.45. The van der Waals surface area contributed by atoms with Gasteiger partial charge in [-0.15, -0.1) is 11.3 Å². The highest BCUT2D eigenvalue weighted by molar-refractivity contribution is 7.93. The lowest BCUT2D eigenvalue weighted by molar-refractivity contribution is 0.153. The van der Waals surface area contributed by atoms with E-state index in [0.717, 1.165) is 47.9 Å². The summed E-state index contributed by atoms with van der Waals surface area (Å²) in [6, 6.07) is 12.5. The Morgan fingerprint density at radius 2 is 1.91 bits per heavy atom. The Labute approximate surface area is 189 Å². The van der Waals surface area contributed by atoms with E-state index in [1.165, 1.54) is 31.3 Å².